The molecule has 0 saturated carbocycles. The van der Waals surface area contributed by atoms with E-state index in [0.29, 0.717) is 12.2 Å². The van der Waals surface area contributed by atoms with Crippen LogP contribution < -0.4 is 14.9 Å². The minimum Gasteiger partial charge on any atom is -0.493 e. The minimum atomic E-state index is -0.258. The summed E-state index contributed by atoms with van der Waals surface area (Å²) in [5, 5.41) is 0. The molecule has 22 heavy (non-hydrogen) atoms. The number of nitrogens with zero attached hydrogens (tertiary/aromatic N) is 1. The number of carbonyl (C=O) groups excluding carboxylic acids is 1. The molecule has 4 rings (SSSR count). The molecule has 1 aliphatic carbocycles. The van der Waals surface area contributed by atoms with E-state index >= 15 is 0 Å². The Morgan fingerprint density at radius 1 is 1.50 bits per heavy atom. The van der Waals surface area contributed by atoms with Crippen molar-refractivity contribution < 1.29 is 14.3 Å². The van der Waals surface area contributed by atoms with Gasteiger partial charge in [-0.1, -0.05) is 11.5 Å². The van der Waals surface area contributed by atoms with Crippen LogP contribution in [0.5, 0.6) is 11.5 Å². The quantitative estimate of drug-likeness (QED) is 0.720. The Morgan fingerprint density at radius 3 is 3.09 bits per heavy atom. The van der Waals surface area contributed by atoms with Crippen LogP contribution in [0.4, 0.5) is 0 Å². The highest BCUT2D eigenvalue weighted by Crippen LogP contribution is 2.54. The first-order valence-electron chi connectivity index (χ1n) is 7.62. The predicted molar refractivity (Wildman–Crippen MR) is 84.2 cm³/mol. The topological polar surface area (TPSA) is 38.8 Å². The molecular formula is C17H18BNO3. The van der Waals surface area contributed by atoms with Crippen LogP contribution in [-0.4, -0.2) is 45.3 Å². The second-order valence-corrected chi connectivity index (χ2v) is 6.49. The lowest BCUT2D eigenvalue weighted by Gasteiger charge is -2.33. The van der Waals surface area contributed by atoms with E-state index in [1.54, 1.807) is 13.2 Å². The molecule has 112 valence electrons. The average molecular weight is 295 g/mol. The average Bonchev–Trinajstić information content (AvgIpc) is 2.74. The molecule has 0 amide bonds. The molecule has 4 nitrogen and oxygen atoms in total. The lowest BCUT2D eigenvalue weighted by atomic mass is 9.68. The Morgan fingerprint density at radius 2 is 2.32 bits per heavy atom. The number of hydrogen-bond acceptors (Lipinski definition) is 4. The maximum Gasteiger partial charge on any atom is 0.166 e. The summed E-state index contributed by atoms with van der Waals surface area (Å²) in [5.74, 6) is 1.55. The van der Waals surface area contributed by atoms with Gasteiger partial charge in [0.1, 0.15) is 14.0 Å². The number of ketones is 1. The summed E-state index contributed by atoms with van der Waals surface area (Å²) in [5.41, 5.74) is 2.71. The molecule has 1 aromatic rings. The normalized spacial score (nSPS) is 29.5. The van der Waals surface area contributed by atoms with Crippen LogP contribution in [-0.2, 0) is 16.8 Å². The fraction of sp³-hybridized carbons (Fsp3) is 0.471. The third-order valence-corrected chi connectivity index (χ3v) is 5.20. The van der Waals surface area contributed by atoms with Crippen LogP contribution in [0.2, 0.25) is 0 Å². The smallest absolute Gasteiger partial charge is 0.166 e. The predicted octanol–water partition coefficient (Wildman–Crippen LogP) is 0.852. The second kappa shape index (κ2) is 4.62. The molecule has 2 heterocycles. The fourth-order valence-electron chi connectivity index (χ4n) is 4.04. The van der Waals surface area contributed by atoms with Gasteiger partial charge in [0.25, 0.3) is 0 Å². The summed E-state index contributed by atoms with van der Waals surface area (Å²) in [4.78, 5) is 14.1. The van der Waals surface area contributed by atoms with Gasteiger partial charge in [-0.25, -0.2) is 0 Å². The van der Waals surface area contributed by atoms with Crippen LogP contribution in [0.15, 0.2) is 18.2 Å². The molecule has 0 aromatic heterocycles. The van der Waals surface area contributed by atoms with Crippen molar-refractivity contribution in [2.24, 2.45) is 0 Å². The third kappa shape index (κ3) is 1.72. The molecule has 3 aliphatic rings. The van der Waals surface area contributed by atoms with E-state index in [2.05, 4.69) is 11.9 Å². The molecule has 0 saturated heterocycles. The Bertz CT molecular complexity index is 700. The first-order valence-corrected chi connectivity index (χ1v) is 7.62. The summed E-state index contributed by atoms with van der Waals surface area (Å²) >= 11 is 0. The maximum atomic E-state index is 11.9. The summed E-state index contributed by atoms with van der Waals surface area (Å²) in [7, 11) is 10.0. The standard InChI is InChI=1S/C17H18BNO3/c1-19-6-5-17-4-3-10(20)7-14(17)22-16-13(21-2)8-12(18)11(9-19)15(16)17/h3-4,8,14H,5-7,9H2,1-2H3. The molecule has 2 unspecified atom stereocenters. The van der Waals surface area contributed by atoms with Crippen LogP contribution >= 0.6 is 0 Å². The van der Waals surface area contributed by atoms with E-state index in [0.717, 1.165) is 41.8 Å². The van der Waals surface area contributed by atoms with E-state index < -0.39 is 0 Å². The molecule has 0 fully saturated rings. The van der Waals surface area contributed by atoms with Crippen molar-refractivity contribution in [3.63, 3.8) is 0 Å². The van der Waals surface area contributed by atoms with E-state index in [1.165, 1.54) is 0 Å². The number of carbonyl (C=O) groups is 1. The Labute approximate surface area is 131 Å². The molecule has 2 aliphatic heterocycles. The lowest BCUT2D eigenvalue weighted by molar-refractivity contribution is -0.117. The van der Waals surface area contributed by atoms with Crippen LogP contribution in [0.1, 0.15) is 24.0 Å². The van der Waals surface area contributed by atoms with Gasteiger partial charge in [0.2, 0.25) is 0 Å². The van der Waals surface area contributed by atoms with E-state index in [1.807, 2.05) is 12.1 Å². The maximum absolute atomic E-state index is 11.9. The van der Waals surface area contributed by atoms with E-state index in [4.69, 9.17) is 17.3 Å². The Balaban J connectivity index is 2.02. The number of benzene rings is 1. The second-order valence-electron chi connectivity index (χ2n) is 6.49. The zero-order chi connectivity index (χ0) is 15.5. The lowest BCUT2D eigenvalue weighted by Crippen LogP contribution is -2.42. The molecule has 1 spiro atoms. The van der Waals surface area contributed by atoms with Crippen LogP contribution in [0.25, 0.3) is 0 Å². The van der Waals surface area contributed by atoms with Gasteiger partial charge in [-0.15, -0.1) is 0 Å². The van der Waals surface area contributed by atoms with Crippen molar-refractivity contribution in [2.75, 3.05) is 20.7 Å². The minimum absolute atomic E-state index is 0.120. The molecular weight excluding hydrogens is 277 g/mol. The Hall–Kier alpha value is -1.75. The number of ether oxygens (including phenoxy) is 2. The summed E-state index contributed by atoms with van der Waals surface area (Å²) in [6.07, 6.45) is 4.93. The molecule has 1 aromatic carbocycles. The molecule has 2 atom stereocenters. The van der Waals surface area contributed by atoms with Gasteiger partial charge in [-0.3, -0.25) is 4.79 Å². The zero-order valence-electron chi connectivity index (χ0n) is 12.9. The number of allylic oxidation sites excluding steroid dienone is 1. The van der Waals surface area contributed by atoms with Crippen molar-refractivity contribution in [3.8, 4) is 11.5 Å². The molecule has 5 heteroatoms. The van der Waals surface area contributed by atoms with Gasteiger partial charge in [0.05, 0.1) is 12.5 Å². The monoisotopic (exact) mass is 295 g/mol. The van der Waals surface area contributed by atoms with Crippen molar-refractivity contribution in [1.82, 2.24) is 4.90 Å². The highest BCUT2D eigenvalue weighted by atomic mass is 16.5. The molecule has 0 N–H and O–H groups in total. The first kappa shape index (κ1) is 13.9. The zero-order valence-corrected chi connectivity index (χ0v) is 12.9. The SMILES string of the molecule is [B]c1cc(OC)c2c3c1CN(C)CCC31C=CC(=O)CC1O2. The first-order chi connectivity index (χ1) is 10.5. The van der Waals surface area contributed by atoms with Gasteiger partial charge in [0.15, 0.2) is 17.3 Å². The van der Waals surface area contributed by atoms with Gasteiger partial charge >= 0.3 is 0 Å². The third-order valence-electron chi connectivity index (χ3n) is 5.20. The van der Waals surface area contributed by atoms with Crippen molar-refractivity contribution in [3.05, 3.63) is 29.3 Å². The summed E-state index contributed by atoms with van der Waals surface area (Å²) in [6, 6.07) is 1.84. The number of rotatable bonds is 1. The molecule has 0 bridgehead atoms. The van der Waals surface area contributed by atoms with Crippen molar-refractivity contribution >= 4 is 19.1 Å². The molecule has 2 radical (unpaired) electrons. The summed E-state index contributed by atoms with van der Waals surface area (Å²) in [6.45, 7) is 1.73. The highest BCUT2D eigenvalue weighted by Gasteiger charge is 2.52. The van der Waals surface area contributed by atoms with Crippen molar-refractivity contribution in [2.45, 2.75) is 30.9 Å². The van der Waals surface area contributed by atoms with Gasteiger partial charge in [-0.2, -0.15) is 0 Å². The largest absolute Gasteiger partial charge is 0.493 e. The Kier molecular flexibility index (Phi) is 2.92. The van der Waals surface area contributed by atoms with E-state index in [9.17, 15) is 4.79 Å². The van der Waals surface area contributed by atoms with Crippen molar-refractivity contribution in [1.29, 1.82) is 0 Å². The van der Waals surface area contributed by atoms with E-state index in [-0.39, 0.29) is 17.3 Å². The summed E-state index contributed by atoms with van der Waals surface area (Å²) < 4.78 is 11.7. The van der Waals surface area contributed by atoms with Gasteiger partial charge in [0, 0.05) is 18.5 Å². The number of methoxy groups -OCH3 is 1. The number of hydrogen-bond donors (Lipinski definition) is 0. The van der Waals surface area contributed by atoms with Gasteiger partial charge < -0.3 is 14.4 Å². The van der Waals surface area contributed by atoms with Crippen LogP contribution in [0, 0.1) is 0 Å². The van der Waals surface area contributed by atoms with Gasteiger partial charge in [-0.05, 0) is 37.7 Å². The van der Waals surface area contributed by atoms with Crippen LogP contribution in [0.3, 0.4) is 0 Å². The highest BCUT2D eigenvalue weighted by molar-refractivity contribution is 6.33. The fourth-order valence-corrected chi connectivity index (χ4v) is 4.04.